The van der Waals surface area contributed by atoms with E-state index in [-0.39, 0.29) is 5.92 Å². The summed E-state index contributed by atoms with van der Waals surface area (Å²) in [6.07, 6.45) is -0.192. The number of nitrogens with zero attached hydrogens (tertiary/aromatic N) is 1. The molecule has 1 aliphatic rings. The first-order valence-corrected chi connectivity index (χ1v) is 6.40. The van der Waals surface area contributed by atoms with Crippen molar-refractivity contribution in [2.45, 2.75) is 18.5 Å². The third-order valence-corrected chi connectivity index (χ3v) is 3.61. The van der Waals surface area contributed by atoms with Gasteiger partial charge in [-0.1, -0.05) is 0 Å². The molecule has 0 saturated carbocycles. The summed E-state index contributed by atoms with van der Waals surface area (Å²) in [5.41, 5.74) is 1.89. The maximum atomic E-state index is 12.9. The molecular formula is C15H13F3N2. The Hall–Kier alpha value is -2.04. The van der Waals surface area contributed by atoms with Gasteiger partial charge in [-0.15, -0.1) is 0 Å². The number of fused-ring (bicyclic) bond motifs is 1. The van der Waals surface area contributed by atoms with E-state index in [1.54, 1.807) is 12.4 Å². The predicted molar refractivity (Wildman–Crippen MR) is 70.6 cm³/mol. The zero-order valence-electron chi connectivity index (χ0n) is 10.6. The molecule has 1 aromatic carbocycles. The fraction of sp³-hybridized carbons (Fsp3) is 0.267. The highest BCUT2D eigenvalue weighted by molar-refractivity contribution is 5.58. The molecule has 0 saturated heterocycles. The second kappa shape index (κ2) is 4.81. The zero-order chi connectivity index (χ0) is 14.2. The molecule has 1 aliphatic heterocycles. The first kappa shape index (κ1) is 13.0. The van der Waals surface area contributed by atoms with Crippen LogP contribution in [0.1, 0.15) is 29.0 Å². The Morgan fingerprint density at radius 2 is 1.85 bits per heavy atom. The van der Waals surface area contributed by atoms with Crippen molar-refractivity contribution < 1.29 is 13.2 Å². The Balaban J connectivity index is 2.07. The molecule has 0 fully saturated rings. The number of hydrogen-bond donors (Lipinski definition) is 1. The summed E-state index contributed by atoms with van der Waals surface area (Å²) in [6, 6.07) is 7.62. The summed E-state index contributed by atoms with van der Waals surface area (Å²) in [5.74, 6) is -0.0171. The molecule has 0 aliphatic carbocycles. The molecule has 1 aromatic heterocycles. The minimum absolute atomic E-state index is 0.0171. The highest BCUT2D eigenvalue weighted by Crippen LogP contribution is 2.40. The van der Waals surface area contributed by atoms with Crippen LogP contribution in [-0.4, -0.2) is 11.5 Å². The van der Waals surface area contributed by atoms with Crippen molar-refractivity contribution in [3.63, 3.8) is 0 Å². The Labute approximate surface area is 114 Å². The van der Waals surface area contributed by atoms with E-state index in [0.717, 1.165) is 30.3 Å². The van der Waals surface area contributed by atoms with Gasteiger partial charge in [0.2, 0.25) is 0 Å². The highest BCUT2D eigenvalue weighted by Gasteiger charge is 2.32. The van der Waals surface area contributed by atoms with Crippen molar-refractivity contribution in [1.82, 2.24) is 4.98 Å². The van der Waals surface area contributed by atoms with E-state index in [1.807, 2.05) is 12.1 Å². The highest BCUT2D eigenvalue weighted by atomic mass is 19.4. The Bertz CT molecular complexity index is 608. The maximum Gasteiger partial charge on any atom is 0.416 e. The van der Waals surface area contributed by atoms with Gasteiger partial charge in [0.05, 0.1) is 5.56 Å². The van der Waals surface area contributed by atoms with Gasteiger partial charge >= 0.3 is 6.18 Å². The summed E-state index contributed by atoms with van der Waals surface area (Å²) in [7, 11) is 0. The third kappa shape index (κ3) is 2.35. The van der Waals surface area contributed by atoms with Gasteiger partial charge in [0.1, 0.15) is 0 Å². The van der Waals surface area contributed by atoms with Gasteiger partial charge in [-0.05, 0) is 47.9 Å². The van der Waals surface area contributed by atoms with Crippen LogP contribution in [0.2, 0.25) is 0 Å². The number of pyridine rings is 1. The fourth-order valence-corrected chi connectivity index (χ4v) is 2.64. The van der Waals surface area contributed by atoms with Crippen molar-refractivity contribution in [1.29, 1.82) is 0 Å². The van der Waals surface area contributed by atoms with Crippen LogP contribution in [0.15, 0.2) is 42.7 Å². The monoisotopic (exact) mass is 278 g/mol. The number of halogens is 3. The molecule has 1 atom stereocenters. The van der Waals surface area contributed by atoms with Crippen molar-refractivity contribution in [2.75, 3.05) is 11.9 Å². The molecule has 0 radical (unpaired) electrons. The Morgan fingerprint density at radius 3 is 2.55 bits per heavy atom. The van der Waals surface area contributed by atoms with Gasteiger partial charge in [-0.25, -0.2) is 0 Å². The maximum absolute atomic E-state index is 12.9. The number of benzene rings is 1. The fourth-order valence-electron chi connectivity index (χ4n) is 2.64. The van der Waals surface area contributed by atoms with Gasteiger partial charge in [-0.2, -0.15) is 13.2 Å². The minimum atomic E-state index is -4.31. The normalized spacial score (nSPS) is 18.2. The predicted octanol–water partition coefficient (Wildman–Crippen LogP) is 4.05. The smallest absolute Gasteiger partial charge is 0.385 e. The first-order valence-electron chi connectivity index (χ1n) is 6.40. The molecule has 2 aromatic rings. The molecular weight excluding hydrogens is 265 g/mol. The lowest BCUT2D eigenvalue weighted by Gasteiger charge is -2.28. The quantitative estimate of drug-likeness (QED) is 0.851. The van der Waals surface area contributed by atoms with Gasteiger partial charge in [0, 0.05) is 30.5 Å². The lowest BCUT2D eigenvalue weighted by molar-refractivity contribution is -0.137. The molecule has 20 heavy (non-hydrogen) atoms. The molecule has 2 heterocycles. The largest absolute Gasteiger partial charge is 0.416 e. The van der Waals surface area contributed by atoms with Gasteiger partial charge in [0.25, 0.3) is 0 Å². The Morgan fingerprint density at radius 1 is 1.10 bits per heavy atom. The molecule has 3 rings (SSSR count). The summed E-state index contributed by atoms with van der Waals surface area (Å²) < 4.78 is 38.6. The first-order chi connectivity index (χ1) is 9.55. The van der Waals surface area contributed by atoms with Crippen LogP contribution in [0.5, 0.6) is 0 Å². The van der Waals surface area contributed by atoms with E-state index in [2.05, 4.69) is 10.3 Å². The molecule has 1 unspecified atom stereocenters. The number of rotatable bonds is 1. The lowest BCUT2D eigenvalue weighted by Crippen LogP contribution is -2.19. The molecule has 104 valence electrons. The molecule has 0 bridgehead atoms. The van der Waals surface area contributed by atoms with E-state index < -0.39 is 11.7 Å². The molecule has 2 nitrogen and oxygen atoms in total. The van der Waals surface area contributed by atoms with E-state index in [1.165, 1.54) is 12.1 Å². The SMILES string of the molecule is FC(F)(F)c1ccc2c(c1)C(c1ccncc1)CCN2. The van der Waals surface area contributed by atoms with Crippen LogP contribution in [0.3, 0.4) is 0 Å². The van der Waals surface area contributed by atoms with Crippen LogP contribution in [0.4, 0.5) is 18.9 Å². The number of anilines is 1. The van der Waals surface area contributed by atoms with Crippen molar-refractivity contribution in [3.05, 3.63) is 59.4 Å². The van der Waals surface area contributed by atoms with Crippen molar-refractivity contribution >= 4 is 5.69 Å². The second-order valence-electron chi connectivity index (χ2n) is 4.85. The average Bonchev–Trinajstić information content (AvgIpc) is 2.46. The number of hydrogen-bond acceptors (Lipinski definition) is 2. The van der Waals surface area contributed by atoms with Crippen LogP contribution in [0, 0.1) is 0 Å². The summed E-state index contributed by atoms with van der Waals surface area (Å²) >= 11 is 0. The minimum Gasteiger partial charge on any atom is -0.385 e. The van der Waals surface area contributed by atoms with Crippen molar-refractivity contribution in [2.24, 2.45) is 0 Å². The summed E-state index contributed by atoms with van der Waals surface area (Å²) in [4.78, 5) is 3.96. The summed E-state index contributed by atoms with van der Waals surface area (Å²) in [5, 5.41) is 3.16. The van der Waals surface area contributed by atoms with Crippen LogP contribution >= 0.6 is 0 Å². The lowest BCUT2D eigenvalue weighted by atomic mass is 9.85. The number of nitrogens with one attached hydrogen (secondary N) is 1. The molecule has 0 spiro atoms. The van der Waals surface area contributed by atoms with E-state index in [4.69, 9.17) is 0 Å². The topological polar surface area (TPSA) is 24.9 Å². The van der Waals surface area contributed by atoms with Gasteiger partial charge in [0.15, 0.2) is 0 Å². The standard InChI is InChI=1S/C15H13F3N2/c16-15(17,18)11-1-2-14-13(9-11)12(5-8-20-14)10-3-6-19-7-4-10/h1-4,6-7,9,12,20H,5,8H2. The average molecular weight is 278 g/mol. The molecule has 5 heteroatoms. The van der Waals surface area contributed by atoms with Crippen LogP contribution in [-0.2, 0) is 6.18 Å². The zero-order valence-corrected chi connectivity index (χ0v) is 10.6. The van der Waals surface area contributed by atoms with E-state index in [9.17, 15) is 13.2 Å². The number of alkyl halides is 3. The van der Waals surface area contributed by atoms with Gasteiger partial charge in [-0.3, -0.25) is 4.98 Å². The van der Waals surface area contributed by atoms with Gasteiger partial charge < -0.3 is 5.32 Å². The van der Waals surface area contributed by atoms with Crippen LogP contribution in [0.25, 0.3) is 0 Å². The van der Waals surface area contributed by atoms with Crippen molar-refractivity contribution in [3.8, 4) is 0 Å². The van der Waals surface area contributed by atoms with E-state index in [0.29, 0.717) is 5.56 Å². The summed E-state index contributed by atoms with van der Waals surface area (Å²) in [6.45, 7) is 0.755. The van der Waals surface area contributed by atoms with Crippen LogP contribution < -0.4 is 5.32 Å². The third-order valence-electron chi connectivity index (χ3n) is 3.61. The Kier molecular flexibility index (Phi) is 3.12. The number of aromatic nitrogens is 1. The molecule has 1 N–H and O–H groups in total. The molecule has 0 amide bonds. The van der Waals surface area contributed by atoms with E-state index >= 15 is 0 Å². The second-order valence-corrected chi connectivity index (χ2v) is 4.85.